The van der Waals surface area contributed by atoms with E-state index in [-0.39, 0.29) is 22.6 Å². The molecule has 0 saturated heterocycles. The van der Waals surface area contributed by atoms with Crippen molar-refractivity contribution in [2.45, 2.75) is 35.6 Å². The number of nitrogens with zero attached hydrogens (tertiary/aromatic N) is 1. The van der Waals surface area contributed by atoms with Crippen LogP contribution in [0, 0.1) is 10.7 Å². The molecule has 26 heavy (non-hydrogen) atoms. The standard InChI is InChI=1S/C18H17BFNO4S/c1-2-18(19)10-26(24,25)15-7-6-12(20)9-14(15)16(17(18)22)11-4-3-5-13(8-11)21-23/h3-9,16-17,22H,2,10H2,1H3/t16-,17-,18-/m0/s1. The Labute approximate surface area is 152 Å². The summed E-state index contributed by atoms with van der Waals surface area (Å²) in [4.78, 5) is 10.8. The zero-order chi connectivity index (χ0) is 19.1. The molecule has 0 amide bonds. The third kappa shape index (κ3) is 3.08. The summed E-state index contributed by atoms with van der Waals surface area (Å²) in [6.45, 7) is 1.69. The Hall–Kier alpha value is -2.06. The van der Waals surface area contributed by atoms with Crippen LogP contribution in [0.5, 0.6) is 0 Å². The molecule has 0 fully saturated rings. The van der Waals surface area contributed by atoms with Crippen molar-refractivity contribution in [3.63, 3.8) is 0 Å². The van der Waals surface area contributed by atoms with E-state index in [9.17, 15) is 22.8 Å². The van der Waals surface area contributed by atoms with E-state index < -0.39 is 38.7 Å². The summed E-state index contributed by atoms with van der Waals surface area (Å²) in [5, 5.41) is 12.5. The molecule has 0 aromatic heterocycles. The molecule has 1 aliphatic heterocycles. The molecule has 8 heteroatoms. The van der Waals surface area contributed by atoms with Crippen LogP contribution >= 0.6 is 0 Å². The van der Waals surface area contributed by atoms with E-state index in [2.05, 4.69) is 5.18 Å². The number of hydrogen-bond acceptors (Lipinski definition) is 5. The number of fused-ring (bicyclic) bond motifs is 1. The number of rotatable bonds is 3. The van der Waals surface area contributed by atoms with Gasteiger partial charge in [0.15, 0.2) is 9.84 Å². The minimum absolute atomic E-state index is 0.0619. The number of halogens is 1. The molecule has 1 aliphatic rings. The number of aliphatic hydroxyl groups excluding tert-OH is 1. The van der Waals surface area contributed by atoms with Crippen LogP contribution in [0.1, 0.15) is 30.4 Å². The van der Waals surface area contributed by atoms with Gasteiger partial charge in [0.25, 0.3) is 0 Å². The number of sulfone groups is 1. The highest BCUT2D eigenvalue weighted by Crippen LogP contribution is 2.48. The van der Waals surface area contributed by atoms with E-state index >= 15 is 0 Å². The second kappa shape index (κ2) is 6.59. The van der Waals surface area contributed by atoms with Gasteiger partial charge in [0, 0.05) is 5.92 Å². The van der Waals surface area contributed by atoms with Crippen molar-refractivity contribution in [3.05, 3.63) is 64.3 Å². The maximum absolute atomic E-state index is 13.9. The largest absolute Gasteiger partial charge is 0.392 e. The maximum atomic E-state index is 13.9. The Bertz CT molecular complexity index is 965. The van der Waals surface area contributed by atoms with Crippen molar-refractivity contribution in [3.8, 4) is 0 Å². The summed E-state index contributed by atoms with van der Waals surface area (Å²) in [7, 11) is 2.44. The summed E-state index contributed by atoms with van der Waals surface area (Å²) in [6.07, 6.45) is -1.10. The van der Waals surface area contributed by atoms with Gasteiger partial charge in [-0.15, -0.1) is 4.91 Å². The summed E-state index contributed by atoms with van der Waals surface area (Å²) >= 11 is 0. The fraction of sp³-hybridized carbons (Fsp3) is 0.333. The van der Waals surface area contributed by atoms with Crippen LogP contribution in [-0.2, 0) is 9.84 Å². The lowest BCUT2D eigenvalue weighted by atomic mass is 9.60. The van der Waals surface area contributed by atoms with E-state index in [0.717, 1.165) is 12.1 Å². The van der Waals surface area contributed by atoms with Crippen LogP contribution < -0.4 is 0 Å². The minimum atomic E-state index is -3.84. The molecule has 2 aromatic rings. The molecule has 2 aromatic carbocycles. The van der Waals surface area contributed by atoms with Crippen molar-refractivity contribution < 1.29 is 17.9 Å². The molecular formula is C18H17BFNO4S. The van der Waals surface area contributed by atoms with Gasteiger partial charge in [0.05, 0.1) is 24.6 Å². The second-order valence-corrected chi connectivity index (χ2v) is 8.59. The molecule has 0 saturated carbocycles. The average Bonchev–Trinajstić information content (AvgIpc) is 2.67. The first-order valence-corrected chi connectivity index (χ1v) is 9.79. The van der Waals surface area contributed by atoms with E-state index in [1.807, 2.05) is 0 Å². The average molecular weight is 373 g/mol. The normalized spacial score (nSPS) is 27.3. The van der Waals surface area contributed by atoms with Gasteiger partial charge in [-0.1, -0.05) is 25.5 Å². The van der Waals surface area contributed by atoms with Gasteiger partial charge >= 0.3 is 0 Å². The van der Waals surface area contributed by atoms with Crippen molar-refractivity contribution >= 4 is 23.4 Å². The lowest BCUT2D eigenvalue weighted by Gasteiger charge is -2.36. The summed E-state index contributed by atoms with van der Waals surface area (Å²) in [5.74, 6) is -2.00. The van der Waals surface area contributed by atoms with Gasteiger partial charge in [-0.2, -0.15) is 0 Å². The molecule has 0 bridgehead atoms. The number of hydrogen-bond donors (Lipinski definition) is 1. The summed E-state index contributed by atoms with van der Waals surface area (Å²) in [6, 6.07) is 9.50. The smallest absolute Gasteiger partial charge is 0.178 e. The number of benzene rings is 2. The molecule has 3 rings (SSSR count). The Kier molecular flexibility index (Phi) is 4.75. The third-order valence-electron chi connectivity index (χ3n) is 5.00. The van der Waals surface area contributed by atoms with Crippen LogP contribution in [0.4, 0.5) is 10.1 Å². The van der Waals surface area contributed by atoms with Gasteiger partial charge in [-0.05, 0) is 51.9 Å². The Morgan fingerprint density at radius 2 is 2.04 bits per heavy atom. The Balaban J connectivity index is 2.34. The Morgan fingerprint density at radius 3 is 2.69 bits per heavy atom. The molecule has 134 valence electrons. The molecule has 2 radical (unpaired) electrons. The highest BCUT2D eigenvalue weighted by atomic mass is 32.2. The fourth-order valence-corrected chi connectivity index (χ4v) is 5.57. The highest BCUT2D eigenvalue weighted by Gasteiger charge is 2.46. The summed E-state index contributed by atoms with van der Waals surface area (Å²) < 4.78 is 39.6. The van der Waals surface area contributed by atoms with E-state index in [0.29, 0.717) is 5.56 Å². The zero-order valence-corrected chi connectivity index (χ0v) is 14.9. The number of aliphatic hydroxyl groups is 1. The zero-order valence-electron chi connectivity index (χ0n) is 14.1. The molecule has 0 aliphatic carbocycles. The van der Waals surface area contributed by atoms with Crippen molar-refractivity contribution in [1.82, 2.24) is 0 Å². The minimum Gasteiger partial charge on any atom is -0.392 e. The molecule has 3 atom stereocenters. The van der Waals surface area contributed by atoms with E-state index in [1.54, 1.807) is 19.1 Å². The first-order chi connectivity index (χ1) is 12.2. The highest BCUT2D eigenvalue weighted by molar-refractivity contribution is 7.91. The van der Waals surface area contributed by atoms with E-state index in [1.165, 1.54) is 18.2 Å². The van der Waals surface area contributed by atoms with Crippen LogP contribution in [0.25, 0.3) is 0 Å². The quantitative estimate of drug-likeness (QED) is 0.509. The number of nitroso groups, excluding NO2 is 1. The van der Waals surface area contributed by atoms with E-state index in [4.69, 9.17) is 7.85 Å². The van der Waals surface area contributed by atoms with Gasteiger partial charge in [-0.3, -0.25) is 0 Å². The van der Waals surface area contributed by atoms with Crippen LogP contribution in [0.15, 0.2) is 52.5 Å². The molecular weight excluding hydrogens is 356 g/mol. The first kappa shape index (κ1) is 18.7. The van der Waals surface area contributed by atoms with Crippen LogP contribution in [0.3, 0.4) is 0 Å². The topological polar surface area (TPSA) is 83.8 Å². The lowest BCUT2D eigenvalue weighted by molar-refractivity contribution is 0.110. The van der Waals surface area contributed by atoms with Gasteiger partial charge in [0.1, 0.15) is 11.5 Å². The van der Waals surface area contributed by atoms with Gasteiger partial charge < -0.3 is 5.11 Å². The lowest BCUT2D eigenvalue weighted by Crippen LogP contribution is -2.37. The molecule has 1 N–H and O–H groups in total. The van der Waals surface area contributed by atoms with Gasteiger partial charge in [0.2, 0.25) is 0 Å². The van der Waals surface area contributed by atoms with Crippen LogP contribution in [-0.4, -0.2) is 33.2 Å². The van der Waals surface area contributed by atoms with Crippen LogP contribution in [0.2, 0.25) is 5.31 Å². The molecule has 0 unspecified atom stereocenters. The molecule has 0 spiro atoms. The van der Waals surface area contributed by atoms with Crippen molar-refractivity contribution in [2.24, 2.45) is 5.18 Å². The second-order valence-electron chi connectivity index (χ2n) is 6.64. The maximum Gasteiger partial charge on any atom is 0.178 e. The predicted octanol–water partition coefficient (Wildman–Crippen LogP) is 3.24. The third-order valence-corrected chi connectivity index (χ3v) is 6.96. The molecule has 1 heterocycles. The fourth-order valence-electron chi connectivity index (χ4n) is 3.51. The summed E-state index contributed by atoms with van der Waals surface area (Å²) in [5.41, 5.74) is 0.696. The van der Waals surface area contributed by atoms with Gasteiger partial charge in [-0.25, -0.2) is 12.8 Å². The Morgan fingerprint density at radius 1 is 1.31 bits per heavy atom. The van der Waals surface area contributed by atoms with Crippen molar-refractivity contribution in [2.75, 3.05) is 5.75 Å². The van der Waals surface area contributed by atoms with Crippen molar-refractivity contribution in [1.29, 1.82) is 0 Å². The predicted molar refractivity (Wildman–Crippen MR) is 96.9 cm³/mol. The first-order valence-electron chi connectivity index (χ1n) is 8.14. The monoisotopic (exact) mass is 373 g/mol. The SMILES string of the molecule is [B][C@@]1(CC)CS(=O)(=O)c2ccc(F)cc2[C@H](c2cccc(N=O)c2)[C@@H]1O. The molecule has 5 nitrogen and oxygen atoms in total.